The van der Waals surface area contributed by atoms with Crippen LogP contribution in [0.3, 0.4) is 0 Å². The molecule has 0 aliphatic carbocycles. The van der Waals surface area contributed by atoms with Gasteiger partial charge >= 0.3 is 0 Å². The van der Waals surface area contributed by atoms with Gasteiger partial charge in [0.05, 0.1) is 5.75 Å². The van der Waals surface area contributed by atoms with Gasteiger partial charge in [-0.05, 0) is 17.7 Å². The topological polar surface area (TPSA) is 63.4 Å². The van der Waals surface area contributed by atoms with Crippen molar-refractivity contribution in [3.8, 4) is 0 Å². The minimum absolute atomic E-state index is 0.00366. The van der Waals surface area contributed by atoms with Gasteiger partial charge < -0.3 is 10.6 Å². The summed E-state index contributed by atoms with van der Waals surface area (Å²) >= 11 is 1.49. The Hall–Kier alpha value is -2.27. The highest BCUT2D eigenvalue weighted by Gasteiger charge is 2.15. The van der Waals surface area contributed by atoms with E-state index in [1.165, 1.54) is 11.8 Å². The van der Waals surface area contributed by atoms with Gasteiger partial charge in [0.15, 0.2) is 0 Å². The maximum absolute atomic E-state index is 12.5. The molecule has 0 aliphatic rings. The van der Waals surface area contributed by atoms with Crippen LogP contribution in [-0.4, -0.2) is 29.0 Å². The molecule has 2 amide bonds. The van der Waals surface area contributed by atoms with Crippen LogP contribution in [-0.2, 0) is 16.1 Å². The summed E-state index contributed by atoms with van der Waals surface area (Å²) in [6.07, 6.45) is 0.175. The van der Waals surface area contributed by atoms with Gasteiger partial charge in [-0.3, -0.25) is 9.59 Å². The number of carbonyl (C=O) groups excluding carboxylic acids is 2. The number of hydrogen-bond acceptors (Lipinski definition) is 3. The fraction of sp³-hybridized carbons (Fsp3) is 0.222. The second-order valence-corrected chi connectivity index (χ2v) is 6.17. The molecule has 23 heavy (non-hydrogen) atoms. The molecule has 0 spiro atoms. The molecule has 0 saturated heterocycles. The quantitative estimate of drug-likeness (QED) is 0.758. The molecule has 0 unspecified atom stereocenters. The molecule has 0 bridgehead atoms. The predicted molar refractivity (Wildman–Crippen MR) is 92.8 cm³/mol. The first-order valence-corrected chi connectivity index (χ1v) is 8.41. The van der Waals surface area contributed by atoms with E-state index >= 15 is 0 Å². The Labute approximate surface area is 140 Å². The summed E-state index contributed by atoms with van der Waals surface area (Å²) in [4.78, 5) is 26.3. The lowest BCUT2D eigenvalue weighted by molar-refractivity contribution is -0.129. The Morgan fingerprint density at radius 3 is 2.17 bits per heavy atom. The van der Waals surface area contributed by atoms with Gasteiger partial charge in [0, 0.05) is 24.4 Å². The van der Waals surface area contributed by atoms with Gasteiger partial charge in [0.2, 0.25) is 11.8 Å². The molecule has 0 aromatic heterocycles. The Morgan fingerprint density at radius 2 is 1.57 bits per heavy atom. The largest absolute Gasteiger partial charge is 0.370 e. The molecule has 0 saturated carbocycles. The van der Waals surface area contributed by atoms with Crippen LogP contribution in [0.25, 0.3) is 0 Å². The monoisotopic (exact) mass is 328 g/mol. The predicted octanol–water partition coefficient (Wildman–Crippen LogP) is 2.68. The van der Waals surface area contributed by atoms with Gasteiger partial charge in [-0.15, -0.1) is 11.8 Å². The van der Waals surface area contributed by atoms with Crippen molar-refractivity contribution in [3.05, 3.63) is 66.2 Å². The van der Waals surface area contributed by atoms with E-state index in [-0.39, 0.29) is 12.3 Å². The van der Waals surface area contributed by atoms with E-state index in [9.17, 15) is 9.59 Å². The Bertz CT molecular complexity index is 632. The van der Waals surface area contributed by atoms with Crippen LogP contribution in [0.5, 0.6) is 0 Å². The fourth-order valence-electron chi connectivity index (χ4n) is 2.09. The van der Waals surface area contributed by atoms with Crippen LogP contribution in [0.4, 0.5) is 0 Å². The Kier molecular flexibility index (Phi) is 6.69. The standard InChI is InChI=1S/C18H20N2O2S/c19-17(21)11-12-20(13-15-7-3-1-4-8-15)18(22)14-23-16-9-5-2-6-10-16/h1-10H,11-14H2,(H2,19,21). The van der Waals surface area contributed by atoms with Gasteiger partial charge in [-0.1, -0.05) is 48.5 Å². The number of thioether (sulfide) groups is 1. The minimum Gasteiger partial charge on any atom is -0.370 e. The number of nitrogens with zero attached hydrogens (tertiary/aromatic N) is 1. The summed E-state index contributed by atoms with van der Waals surface area (Å²) in [7, 11) is 0. The van der Waals surface area contributed by atoms with Crippen LogP contribution in [0.15, 0.2) is 65.6 Å². The molecular formula is C18H20N2O2S. The van der Waals surface area contributed by atoms with Gasteiger partial charge in [0.1, 0.15) is 0 Å². The van der Waals surface area contributed by atoms with E-state index in [0.29, 0.717) is 18.8 Å². The summed E-state index contributed by atoms with van der Waals surface area (Å²) in [6.45, 7) is 0.834. The molecule has 2 aromatic carbocycles. The average Bonchev–Trinajstić information content (AvgIpc) is 2.58. The van der Waals surface area contributed by atoms with Crippen molar-refractivity contribution in [1.82, 2.24) is 4.90 Å². The average molecular weight is 328 g/mol. The SMILES string of the molecule is NC(=O)CCN(Cc1ccccc1)C(=O)CSc1ccccc1. The van der Waals surface area contributed by atoms with E-state index in [2.05, 4.69) is 0 Å². The number of amides is 2. The summed E-state index contributed by atoms with van der Waals surface area (Å²) < 4.78 is 0. The lowest BCUT2D eigenvalue weighted by Crippen LogP contribution is -2.34. The lowest BCUT2D eigenvalue weighted by Gasteiger charge is -2.22. The number of rotatable bonds is 8. The first-order valence-electron chi connectivity index (χ1n) is 7.43. The summed E-state index contributed by atoms with van der Waals surface area (Å²) in [5, 5.41) is 0. The number of nitrogens with two attached hydrogens (primary N) is 1. The van der Waals surface area contributed by atoms with Crippen molar-refractivity contribution in [2.24, 2.45) is 5.73 Å². The van der Waals surface area contributed by atoms with E-state index < -0.39 is 5.91 Å². The van der Waals surface area contributed by atoms with Crippen molar-refractivity contribution < 1.29 is 9.59 Å². The molecule has 0 radical (unpaired) electrons. The maximum Gasteiger partial charge on any atom is 0.233 e. The number of benzene rings is 2. The molecule has 120 valence electrons. The highest BCUT2D eigenvalue weighted by Crippen LogP contribution is 2.18. The Morgan fingerprint density at radius 1 is 0.957 bits per heavy atom. The van der Waals surface area contributed by atoms with Crippen molar-refractivity contribution in [2.45, 2.75) is 17.9 Å². The molecular weight excluding hydrogens is 308 g/mol. The first-order chi connectivity index (χ1) is 11.1. The summed E-state index contributed by atoms with van der Waals surface area (Å²) in [5.41, 5.74) is 6.25. The molecule has 2 aromatic rings. The van der Waals surface area contributed by atoms with Gasteiger partial charge in [-0.2, -0.15) is 0 Å². The smallest absolute Gasteiger partial charge is 0.233 e. The molecule has 5 heteroatoms. The molecule has 2 rings (SSSR count). The zero-order valence-corrected chi connectivity index (χ0v) is 13.7. The van der Waals surface area contributed by atoms with E-state index in [1.807, 2.05) is 60.7 Å². The minimum atomic E-state index is -0.397. The van der Waals surface area contributed by atoms with Crippen molar-refractivity contribution >= 4 is 23.6 Å². The van der Waals surface area contributed by atoms with Crippen LogP contribution >= 0.6 is 11.8 Å². The normalized spacial score (nSPS) is 10.3. The third-order valence-electron chi connectivity index (χ3n) is 3.30. The van der Waals surface area contributed by atoms with Gasteiger partial charge in [0.25, 0.3) is 0 Å². The maximum atomic E-state index is 12.5. The number of carbonyl (C=O) groups is 2. The highest BCUT2D eigenvalue weighted by molar-refractivity contribution is 8.00. The summed E-state index contributed by atoms with van der Waals surface area (Å²) in [5.74, 6) is -0.0502. The molecule has 0 fully saturated rings. The fourth-order valence-corrected chi connectivity index (χ4v) is 2.92. The first kappa shape index (κ1) is 17.1. The van der Waals surface area contributed by atoms with Crippen LogP contribution in [0, 0.1) is 0 Å². The van der Waals surface area contributed by atoms with Crippen molar-refractivity contribution in [3.63, 3.8) is 0 Å². The third-order valence-corrected chi connectivity index (χ3v) is 4.30. The van der Waals surface area contributed by atoms with Gasteiger partial charge in [-0.25, -0.2) is 0 Å². The third kappa shape index (κ3) is 6.16. The van der Waals surface area contributed by atoms with Crippen LogP contribution < -0.4 is 5.73 Å². The zero-order valence-electron chi connectivity index (χ0n) is 12.9. The van der Waals surface area contributed by atoms with Crippen molar-refractivity contribution in [1.29, 1.82) is 0 Å². The second kappa shape index (κ2) is 9.00. The number of primary amides is 1. The highest BCUT2D eigenvalue weighted by atomic mass is 32.2. The lowest BCUT2D eigenvalue weighted by atomic mass is 10.2. The molecule has 4 nitrogen and oxygen atoms in total. The zero-order chi connectivity index (χ0) is 16.5. The second-order valence-electron chi connectivity index (χ2n) is 5.12. The van der Waals surface area contributed by atoms with E-state index in [0.717, 1.165) is 10.5 Å². The van der Waals surface area contributed by atoms with E-state index in [4.69, 9.17) is 5.73 Å². The van der Waals surface area contributed by atoms with E-state index in [1.54, 1.807) is 4.90 Å². The molecule has 0 heterocycles. The van der Waals surface area contributed by atoms with Crippen LogP contribution in [0.2, 0.25) is 0 Å². The molecule has 0 aliphatic heterocycles. The van der Waals surface area contributed by atoms with Crippen molar-refractivity contribution in [2.75, 3.05) is 12.3 Å². The Balaban J connectivity index is 1.97. The number of hydrogen-bond donors (Lipinski definition) is 1. The molecule has 2 N–H and O–H groups in total. The summed E-state index contributed by atoms with van der Waals surface area (Å²) in [6, 6.07) is 19.5. The molecule has 0 atom stereocenters. The van der Waals surface area contributed by atoms with Crippen LogP contribution in [0.1, 0.15) is 12.0 Å².